The number of hydrogen-bond donors (Lipinski definition) is 1. The Kier molecular flexibility index (Phi) is 5.51. The summed E-state index contributed by atoms with van der Waals surface area (Å²) in [5, 5.41) is 10.0. The smallest absolute Gasteiger partial charge is 0.338 e. The van der Waals surface area contributed by atoms with Gasteiger partial charge in [-0.05, 0) is 36.8 Å². The number of carbonyl (C=O) groups is 3. The Morgan fingerprint density at radius 2 is 1.93 bits per heavy atom. The Hall–Kier alpha value is -4.01. The molecule has 0 atom stereocenters. The van der Waals surface area contributed by atoms with Crippen LogP contribution in [0.4, 0.5) is 11.7 Å². The first-order valence-corrected chi connectivity index (χ1v) is 9.36. The van der Waals surface area contributed by atoms with Gasteiger partial charge in [-0.2, -0.15) is 0 Å². The molecular formula is C21H18N4O5. The molecule has 2 aromatic carbocycles. The minimum Gasteiger partial charge on any atom is -0.452 e. The van der Waals surface area contributed by atoms with Crippen LogP contribution in [0.1, 0.15) is 23.2 Å². The molecule has 9 nitrogen and oxygen atoms in total. The van der Waals surface area contributed by atoms with E-state index in [1.165, 1.54) is 0 Å². The highest BCUT2D eigenvalue weighted by Crippen LogP contribution is 2.23. The highest BCUT2D eigenvalue weighted by Gasteiger charge is 2.22. The van der Waals surface area contributed by atoms with Crippen LogP contribution in [0.3, 0.4) is 0 Å². The monoisotopic (exact) mass is 406 g/mol. The van der Waals surface area contributed by atoms with Crippen LogP contribution >= 0.6 is 0 Å². The normalized spacial score (nSPS) is 13.3. The molecule has 0 unspecified atom stereocenters. The van der Waals surface area contributed by atoms with Crippen molar-refractivity contribution in [2.24, 2.45) is 0 Å². The van der Waals surface area contributed by atoms with Gasteiger partial charge in [-0.25, -0.2) is 4.79 Å². The van der Waals surface area contributed by atoms with E-state index in [2.05, 4.69) is 15.5 Å². The van der Waals surface area contributed by atoms with Crippen LogP contribution in [0.5, 0.6) is 0 Å². The summed E-state index contributed by atoms with van der Waals surface area (Å²) in [6.07, 6.45) is 1.28. The molecule has 0 aliphatic carbocycles. The van der Waals surface area contributed by atoms with Crippen LogP contribution in [-0.2, 0) is 14.3 Å². The molecule has 152 valence electrons. The molecule has 0 radical (unpaired) electrons. The lowest BCUT2D eigenvalue weighted by atomic mass is 10.2. The van der Waals surface area contributed by atoms with E-state index in [4.69, 9.17) is 9.15 Å². The van der Waals surface area contributed by atoms with Crippen LogP contribution < -0.4 is 10.2 Å². The van der Waals surface area contributed by atoms with E-state index in [9.17, 15) is 14.4 Å². The summed E-state index contributed by atoms with van der Waals surface area (Å²) in [7, 11) is 0. The lowest BCUT2D eigenvalue weighted by Crippen LogP contribution is -2.24. The largest absolute Gasteiger partial charge is 0.452 e. The summed E-state index contributed by atoms with van der Waals surface area (Å²) in [5.41, 5.74) is 1.60. The second kappa shape index (κ2) is 8.56. The highest BCUT2D eigenvalue weighted by atomic mass is 16.5. The summed E-state index contributed by atoms with van der Waals surface area (Å²) in [4.78, 5) is 37.8. The highest BCUT2D eigenvalue weighted by molar-refractivity contribution is 5.98. The molecule has 1 saturated heterocycles. The molecule has 4 rings (SSSR count). The molecule has 2 amide bonds. The van der Waals surface area contributed by atoms with Crippen molar-refractivity contribution in [2.45, 2.75) is 12.8 Å². The average Bonchev–Trinajstić information content (AvgIpc) is 3.42. The van der Waals surface area contributed by atoms with Crippen molar-refractivity contribution in [3.05, 3.63) is 60.2 Å². The van der Waals surface area contributed by atoms with Crippen LogP contribution in [0.2, 0.25) is 0 Å². The summed E-state index contributed by atoms with van der Waals surface area (Å²) >= 11 is 0. The van der Waals surface area contributed by atoms with Gasteiger partial charge < -0.3 is 14.1 Å². The van der Waals surface area contributed by atoms with Gasteiger partial charge in [0.25, 0.3) is 5.91 Å². The van der Waals surface area contributed by atoms with E-state index in [1.54, 1.807) is 41.3 Å². The number of carbonyl (C=O) groups excluding carboxylic acids is 3. The number of nitrogens with one attached hydrogen (secondary N) is 1. The Morgan fingerprint density at radius 3 is 2.70 bits per heavy atom. The molecule has 1 N–H and O–H groups in total. The predicted molar refractivity (Wildman–Crippen MR) is 107 cm³/mol. The first kappa shape index (κ1) is 19.3. The van der Waals surface area contributed by atoms with Gasteiger partial charge in [0, 0.05) is 24.2 Å². The van der Waals surface area contributed by atoms with Crippen LogP contribution in [0, 0.1) is 0 Å². The van der Waals surface area contributed by atoms with E-state index >= 15 is 0 Å². The summed E-state index contributed by atoms with van der Waals surface area (Å²) in [6.45, 7) is 0.101. The van der Waals surface area contributed by atoms with Crippen molar-refractivity contribution in [3.8, 4) is 11.5 Å². The summed E-state index contributed by atoms with van der Waals surface area (Å²) in [5.74, 6) is -1.00. The third kappa shape index (κ3) is 4.35. The zero-order chi connectivity index (χ0) is 20.9. The summed E-state index contributed by atoms with van der Waals surface area (Å²) < 4.78 is 10.4. The van der Waals surface area contributed by atoms with E-state index in [0.29, 0.717) is 24.2 Å². The molecule has 2 heterocycles. The number of anilines is 2. The standard InChI is InChI=1S/C21H18N4O5/c26-17(22-21-24-23-19(30-21)14-6-2-1-3-7-14)13-29-20(28)15-8-4-9-16(12-15)25-11-5-10-18(25)27/h1-4,6-9,12H,5,10-11,13H2,(H,22,24,26). The number of ether oxygens (including phenoxy) is 1. The number of rotatable bonds is 6. The van der Waals surface area contributed by atoms with Gasteiger partial charge in [0.05, 0.1) is 5.56 Å². The molecule has 30 heavy (non-hydrogen) atoms. The minimum atomic E-state index is -0.672. The first-order valence-electron chi connectivity index (χ1n) is 9.36. The van der Waals surface area contributed by atoms with Gasteiger partial charge >= 0.3 is 12.0 Å². The minimum absolute atomic E-state index is 0.0225. The maximum absolute atomic E-state index is 12.3. The van der Waals surface area contributed by atoms with Crippen molar-refractivity contribution in [1.29, 1.82) is 0 Å². The number of aromatic nitrogens is 2. The van der Waals surface area contributed by atoms with Crippen LogP contribution in [-0.4, -0.2) is 41.1 Å². The molecule has 9 heteroatoms. The lowest BCUT2D eigenvalue weighted by molar-refractivity contribution is -0.119. The topological polar surface area (TPSA) is 115 Å². The molecule has 1 aromatic heterocycles. The van der Waals surface area contributed by atoms with E-state index in [-0.39, 0.29) is 23.4 Å². The molecule has 1 fully saturated rings. The third-order valence-electron chi connectivity index (χ3n) is 4.49. The SMILES string of the molecule is O=C(COC(=O)c1cccc(N2CCCC2=O)c1)Nc1nnc(-c2ccccc2)o1. The molecule has 3 aromatic rings. The Bertz CT molecular complexity index is 1080. The number of benzene rings is 2. The molecule has 0 saturated carbocycles. The average molecular weight is 406 g/mol. The lowest BCUT2D eigenvalue weighted by Gasteiger charge is -2.16. The Morgan fingerprint density at radius 1 is 1.10 bits per heavy atom. The van der Waals surface area contributed by atoms with Crippen LogP contribution in [0.15, 0.2) is 59.0 Å². The zero-order valence-electron chi connectivity index (χ0n) is 15.9. The van der Waals surface area contributed by atoms with Gasteiger partial charge in [0.15, 0.2) is 6.61 Å². The van der Waals surface area contributed by atoms with Gasteiger partial charge in [-0.3, -0.25) is 14.9 Å². The van der Waals surface area contributed by atoms with Crippen molar-refractivity contribution in [3.63, 3.8) is 0 Å². The summed E-state index contributed by atoms with van der Waals surface area (Å²) in [6, 6.07) is 15.6. The molecule has 1 aliphatic heterocycles. The van der Waals surface area contributed by atoms with Gasteiger partial charge in [-0.1, -0.05) is 29.4 Å². The van der Waals surface area contributed by atoms with Crippen molar-refractivity contribution < 1.29 is 23.5 Å². The Balaban J connectivity index is 1.32. The van der Waals surface area contributed by atoms with Gasteiger partial charge in [0.2, 0.25) is 11.8 Å². The van der Waals surface area contributed by atoms with Crippen molar-refractivity contribution in [1.82, 2.24) is 10.2 Å². The molecule has 0 bridgehead atoms. The van der Waals surface area contributed by atoms with E-state index in [0.717, 1.165) is 6.42 Å². The molecule has 1 aliphatic rings. The van der Waals surface area contributed by atoms with Gasteiger partial charge in [-0.15, -0.1) is 5.10 Å². The fourth-order valence-electron chi connectivity index (χ4n) is 3.06. The molecular weight excluding hydrogens is 388 g/mol. The quantitative estimate of drug-likeness (QED) is 0.626. The van der Waals surface area contributed by atoms with E-state index < -0.39 is 18.5 Å². The van der Waals surface area contributed by atoms with E-state index in [1.807, 2.05) is 18.2 Å². The number of amides is 2. The maximum Gasteiger partial charge on any atom is 0.338 e. The predicted octanol–water partition coefficient (Wildman–Crippen LogP) is 2.66. The molecule has 0 spiro atoms. The Labute approximate surface area is 171 Å². The number of esters is 1. The maximum atomic E-state index is 12.3. The van der Waals surface area contributed by atoms with Crippen LogP contribution in [0.25, 0.3) is 11.5 Å². The second-order valence-corrected chi connectivity index (χ2v) is 6.60. The fraction of sp³-hybridized carbons (Fsp3) is 0.190. The second-order valence-electron chi connectivity index (χ2n) is 6.60. The van der Waals surface area contributed by atoms with Gasteiger partial charge in [0.1, 0.15) is 0 Å². The number of hydrogen-bond acceptors (Lipinski definition) is 7. The fourth-order valence-corrected chi connectivity index (χ4v) is 3.06. The first-order chi connectivity index (χ1) is 14.6. The number of nitrogens with zero attached hydrogens (tertiary/aromatic N) is 3. The third-order valence-corrected chi connectivity index (χ3v) is 4.49. The zero-order valence-corrected chi connectivity index (χ0v) is 15.9. The van der Waals surface area contributed by atoms with Crippen molar-refractivity contribution >= 4 is 29.5 Å². The van der Waals surface area contributed by atoms with Crippen molar-refractivity contribution in [2.75, 3.05) is 23.4 Å².